The molecule has 0 bridgehead atoms. The van der Waals surface area contributed by atoms with E-state index in [1.165, 1.54) is 18.7 Å². The Balaban J connectivity index is 2.43. The van der Waals surface area contributed by atoms with E-state index >= 15 is 0 Å². The molecule has 0 aliphatic carbocycles. The predicted molar refractivity (Wildman–Crippen MR) is 73.4 cm³/mol. The summed E-state index contributed by atoms with van der Waals surface area (Å²) in [5.74, 6) is -1.54. The van der Waals surface area contributed by atoms with Crippen LogP contribution < -0.4 is 0 Å². The van der Waals surface area contributed by atoms with Crippen molar-refractivity contribution in [1.29, 1.82) is 0 Å². The first kappa shape index (κ1) is 15.5. The fourth-order valence-electron chi connectivity index (χ4n) is 2.39. The highest BCUT2D eigenvalue weighted by atomic mass is 32.2. The van der Waals surface area contributed by atoms with Crippen LogP contribution in [0.15, 0.2) is 17.2 Å². The van der Waals surface area contributed by atoms with Crippen LogP contribution in [0.5, 0.6) is 0 Å². The summed E-state index contributed by atoms with van der Waals surface area (Å²) in [4.78, 5) is 26.7. The molecule has 0 atom stereocenters. The summed E-state index contributed by atoms with van der Waals surface area (Å²) in [6.07, 6.45) is 1.12. The van der Waals surface area contributed by atoms with Crippen molar-refractivity contribution in [3.63, 3.8) is 0 Å². The monoisotopic (exact) mass is 315 g/mol. The Morgan fingerprint density at radius 1 is 1.38 bits per heavy atom. The highest BCUT2D eigenvalue weighted by Crippen LogP contribution is 2.29. The van der Waals surface area contributed by atoms with Gasteiger partial charge in [-0.1, -0.05) is 0 Å². The van der Waals surface area contributed by atoms with Gasteiger partial charge in [0, 0.05) is 26.3 Å². The molecule has 8 nitrogen and oxygen atoms in total. The van der Waals surface area contributed by atoms with Crippen LogP contribution in [-0.2, 0) is 14.8 Å². The first-order valence-electron chi connectivity index (χ1n) is 6.28. The van der Waals surface area contributed by atoms with Gasteiger partial charge in [0.05, 0.1) is 0 Å². The lowest BCUT2D eigenvalue weighted by atomic mass is 10.0. The van der Waals surface area contributed by atoms with Gasteiger partial charge in [0.25, 0.3) is 0 Å². The number of hydrogen-bond acceptors (Lipinski definition) is 4. The SMILES string of the molecule is CN1CCN(S(=O)(=O)c2c[nH]c(C(=O)O)c2)C(C)(C)C1=O. The summed E-state index contributed by atoms with van der Waals surface area (Å²) in [6, 6.07) is 1.05. The molecule has 1 aliphatic heterocycles. The number of likely N-dealkylation sites (N-methyl/N-ethyl adjacent to an activating group) is 1. The summed E-state index contributed by atoms with van der Waals surface area (Å²) in [5, 5.41) is 8.85. The highest BCUT2D eigenvalue weighted by molar-refractivity contribution is 7.89. The Hall–Kier alpha value is -1.87. The molecule has 0 radical (unpaired) electrons. The minimum absolute atomic E-state index is 0.158. The fraction of sp³-hybridized carbons (Fsp3) is 0.500. The molecule has 1 saturated heterocycles. The number of nitrogens with one attached hydrogen (secondary N) is 1. The van der Waals surface area contributed by atoms with E-state index < -0.39 is 21.5 Å². The van der Waals surface area contributed by atoms with E-state index in [9.17, 15) is 18.0 Å². The van der Waals surface area contributed by atoms with Crippen molar-refractivity contribution in [1.82, 2.24) is 14.2 Å². The van der Waals surface area contributed by atoms with Crippen molar-refractivity contribution in [2.45, 2.75) is 24.3 Å². The molecule has 1 aromatic heterocycles. The van der Waals surface area contributed by atoms with Crippen molar-refractivity contribution < 1.29 is 23.1 Å². The summed E-state index contributed by atoms with van der Waals surface area (Å²) in [5.41, 5.74) is -1.43. The Morgan fingerprint density at radius 3 is 2.52 bits per heavy atom. The highest BCUT2D eigenvalue weighted by Gasteiger charge is 2.47. The van der Waals surface area contributed by atoms with Crippen molar-refractivity contribution in [3.05, 3.63) is 18.0 Å². The van der Waals surface area contributed by atoms with Crippen molar-refractivity contribution >= 4 is 21.9 Å². The summed E-state index contributed by atoms with van der Waals surface area (Å²) in [7, 11) is -2.33. The molecule has 9 heteroatoms. The van der Waals surface area contributed by atoms with Crippen LogP contribution in [0.4, 0.5) is 0 Å². The zero-order valence-electron chi connectivity index (χ0n) is 12.0. The first-order valence-corrected chi connectivity index (χ1v) is 7.72. The number of H-pyrrole nitrogens is 1. The molecule has 1 aromatic rings. The number of piperazine rings is 1. The number of sulfonamides is 1. The van der Waals surface area contributed by atoms with Gasteiger partial charge in [-0.2, -0.15) is 4.31 Å². The van der Waals surface area contributed by atoms with E-state index in [2.05, 4.69) is 4.98 Å². The smallest absolute Gasteiger partial charge is 0.352 e. The largest absolute Gasteiger partial charge is 0.477 e. The molecule has 1 amide bonds. The maximum atomic E-state index is 12.6. The minimum Gasteiger partial charge on any atom is -0.477 e. The van der Waals surface area contributed by atoms with E-state index in [1.807, 2.05) is 0 Å². The quantitative estimate of drug-likeness (QED) is 0.812. The van der Waals surface area contributed by atoms with Gasteiger partial charge in [-0.25, -0.2) is 13.2 Å². The number of amides is 1. The van der Waals surface area contributed by atoms with Crippen LogP contribution in [0.1, 0.15) is 24.3 Å². The molecule has 0 unspecified atom stereocenters. The van der Waals surface area contributed by atoms with Crippen LogP contribution in [-0.4, -0.2) is 65.3 Å². The number of carbonyl (C=O) groups is 2. The number of hydrogen-bond donors (Lipinski definition) is 2. The van der Waals surface area contributed by atoms with Crippen LogP contribution >= 0.6 is 0 Å². The number of carboxylic acids is 1. The molecule has 1 fully saturated rings. The second-order valence-corrected chi connectivity index (χ2v) is 7.28. The van der Waals surface area contributed by atoms with Gasteiger partial charge in [0.15, 0.2) is 0 Å². The average molecular weight is 315 g/mol. The topological polar surface area (TPSA) is 111 Å². The third-order valence-corrected chi connectivity index (χ3v) is 5.66. The fourth-order valence-corrected chi connectivity index (χ4v) is 4.12. The van der Waals surface area contributed by atoms with Gasteiger partial charge in [-0.15, -0.1) is 0 Å². The predicted octanol–water partition coefficient (Wildman–Crippen LogP) is -0.0458. The van der Waals surface area contributed by atoms with E-state index in [-0.39, 0.29) is 29.6 Å². The maximum Gasteiger partial charge on any atom is 0.352 e. The number of carbonyl (C=O) groups excluding carboxylic acids is 1. The zero-order chi connectivity index (χ0) is 16.0. The standard InChI is InChI=1S/C12H17N3O5S/c1-12(2)11(18)14(3)4-5-15(12)21(19,20)8-6-9(10(16)17)13-7-8/h6-7,13H,4-5H2,1-3H3,(H,16,17). The number of rotatable bonds is 3. The van der Waals surface area contributed by atoms with E-state index in [1.54, 1.807) is 7.05 Å². The average Bonchev–Trinajstić information content (AvgIpc) is 2.86. The van der Waals surface area contributed by atoms with Gasteiger partial charge in [0.1, 0.15) is 16.1 Å². The molecular weight excluding hydrogens is 298 g/mol. The van der Waals surface area contributed by atoms with Crippen LogP contribution in [0.3, 0.4) is 0 Å². The minimum atomic E-state index is -3.95. The molecular formula is C12H17N3O5S. The maximum absolute atomic E-state index is 12.6. The number of aromatic nitrogens is 1. The lowest BCUT2D eigenvalue weighted by Gasteiger charge is -2.43. The Morgan fingerprint density at radius 2 is 2.00 bits per heavy atom. The lowest BCUT2D eigenvalue weighted by molar-refractivity contribution is -0.142. The summed E-state index contributed by atoms with van der Waals surface area (Å²) >= 11 is 0. The molecule has 116 valence electrons. The van der Waals surface area contributed by atoms with Gasteiger partial charge in [-0.05, 0) is 19.9 Å². The van der Waals surface area contributed by atoms with Crippen LogP contribution in [0.2, 0.25) is 0 Å². The van der Waals surface area contributed by atoms with Gasteiger partial charge in [0.2, 0.25) is 15.9 Å². The third kappa shape index (κ3) is 2.42. The molecule has 0 spiro atoms. The summed E-state index contributed by atoms with van der Waals surface area (Å²) < 4.78 is 26.4. The van der Waals surface area contributed by atoms with Crippen molar-refractivity contribution in [2.24, 2.45) is 0 Å². The second kappa shape index (κ2) is 4.85. The van der Waals surface area contributed by atoms with E-state index in [0.29, 0.717) is 0 Å². The third-order valence-electron chi connectivity index (χ3n) is 3.61. The Kier molecular flexibility index (Phi) is 3.58. The van der Waals surface area contributed by atoms with E-state index in [0.717, 1.165) is 16.6 Å². The van der Waals surface area contributed by atoms with Gasteiger partial charge < -0.3 is 15.0 Å². The molecule has 2 rings (SSSR count). The zero-order valence-corrected chi connectivity index (χ0v) is 12.8. The number of aromatic carboxylic acids is 1. The van der Waals surface area contributed by atoms with Crippen LogP contribution in [0.25, 0.3) is 0 Å². The van der Waals surface area contributed by atoms with Gasteiger partial charge in [-0.3, -0.25) is 4.79 Å². The number of carboxylic acid groups (broad SMARTS) is 1. The molecule has 2 N–H and O–H groups in total. The number of nitrogens with zero attached hydrogens (tertiary/aromatic N) is 2. The molecule has 0 saturated carbocycles. The van der Waals surface area contributed by atoms with Gasteiger partial charge >= 0.3 is 5.97 Å². The normalized spacial score (nSPS) is 19.8. The van der Waals surface area contributed by atoms with Crippen molar-refractivity contribution in [3.8, 4) is 0 Å². The van der Waals surface area contributed by atoms with E-state index in [4.69, 9.17) is 5.11 Å². The van der Waals surface area contributed by atoms with Crippen LogP contribution in [0, 0.1) is 0 Å². The second-order valence-electron chi connectivity index (χ2n) is 5.42. The summed E-state index contributed by atoms with van der Waals surface area (Å²) in [6.45, 7) is 3.52. The Labute approximate surface area is 122 Å². The molecule has 21 heavy (non-hydrogen) atoms. The van der Waals surface area contributed by atoms with Crippen molar-refractivity contribution in [2.75, 3.05) is 20.1 Å². The molecule has 0 aromatic carbocycles. The molecule has 1 aliphatic rings. The first-order chi connectivity index (χ1) is 9.58. The Bertz CT molecular complexity index is 692. The lowest BCUT2D eigenvalue weighted by Crippen LogP contribution is -2.63. The molecule has 2 heterocycles. The number of aromatic amines is 1.